The molecule has 0 amide bonds. The van der Waals surface area contributed by atoms with Crippen LogP contribution in [0.4, 0.5) is 0 Å². The Labute approximate surface area is 139 Å². The number of methoxy groups -OCH3 is 1. The third kappa shape index (κ3) is 4.38. The smallest absolute Gasteiger partial charge is 0.193 e. The molecule has 3 rings (SSSR count). The summed E-state index contributed by atoms with van der Waals surface area (Å²) in [6, 6.07) is 8.43. The predicted octanol–water partition coefficient (Wildman–Crippen LogP) is 1.80. The Bertz CT molecular complexity index is 520. The van der Waals surface area contributed by atoms with Crippen LogP contribution in [-0.4, -0.2) is 62.6 Å². The number of piperidine rings is 1. The van der Waals surface area contributed by atoms with E-state index in [4.69, 9.17) is 4.74 Å². The van der Waals surface area contributed by atoms with Crippen molar-refractivity contribution in [2.24, 2.45) is 10.9 Å². The molecule has 0 aromatic heterocycles. The van der Waals surface area contributed by atoms with Crippen molar-refractivity contribution in [3.8, 4) is 5.75 Å². The average Bonchev–Trinajstić information content (AvgIpc) is 3.00. The molecule has 23 heavy (non-hydrogen) atoms. The topological polar surface area (TPSA) is 40.1 Å². The lowest BCUT2D eigenvalue weighted by atomic mass is 9.96. The number of benzene rings is 1. The van der Waals surface area contributed by atoms with Gasteiger partial charge in [0.15, 0.2) is 5.96 Å². The summed E-state index contributed by atoms with van der Waals surface area (Å²) < 4.78 is 5.22. The summed E-state index contributed by atoms with van der Waals surface area (Å²) in [6.07, 6.45) is 2.53. The fourth-order valence-electron chi connectivity index (χ4n) is 3.30. The molecule has 1 N–H and O–H groups in total. The van der Waals surface area contributed by atoms with E-state index in [2.05, 4.69) is 39.3 Å². The van der Waals surface area contributed by atoms with Gasteiger partial charge in [-0.2, -0.15) is 0 Å². The number of nitrogens with zero attached hydrogens (tertiary/aromatic N) is 3. The zero-order valence-corrected chi connectivity index (χ0v) is 14.3. The summed E-state index contributed by atoms with van der Waals surface area (Å²) >= 11 is 0. The first-order chi connectivity index (χ1) is 11.2. The van der Waals surface area contributed by atoms with E-state index in [0.717, 1.165) is 43.8 Å². The second-order valence-corrected chi connectivity index (χ2v) is 6.58. The zero-order chi connectivity index (χ0) is 16.1. The van der Waals surface area contributed by atoms with Gasteiger partial charge in [0.1, 0.15) is 5.75 Å². The number of likely N-dealkylation sites (N-methyl/N-ethyl adjacent to an activating group) is 1. The van der Waals surface area contributed by atoms with Crippen LogP contribution in [0.15, 0.2) is 29.3 Å². The van der Waals surface area contributed by atoms with Crippen molar-refractivity contribution in [1.82, 2.24) is 15.1 Å². The summed E-state index contributed by atoms with van der Waals surface area (Å²) in [5, 5.41) is 3.52. The quantitative estimate of drug-likeness (QED) is 0.899. The summed E-state index contributed by atoms with van der Waals surface area (Å²) in [4.78, 5) is 9.26. The van der Waals surface area contributed by atoms with Crippen LogP contribution in [0.5, 0.6) is 5.75 Å². The van der Waals surface area contributed by atoms with Crippen LogP contribution in [0.1, 0.15) is 18.4 Å². The summed E-state index contributed by atoms with van der Waals surface area (Å²) in [7, 11) is 3.82. The van der Waals surface area contributed by atoms with E-state index < -0.39 is 0 Å². The Balaban J connectivity index is 1.39. The van der Waals surface area contributed by atoms with Crippen molar-refractivity contribution < 1.29 is 4.74 Å². The molecule has 1 aromatic carbocycles. The van der Waals surface area contributed by atoms with Gasteiger partial charge in [-0.25, -0.2) is 0 Å². The predicted molar refractivity (Wildman–Crippen MR) is 93.9 cm³/mol. The van der Waals surface area contributed by atoms with Crippen LogP contribution in [0.3, 0.4) is 0 Å². The number of likely N-dealkylation sites (tertiary alicyclic amines) is 1. The molecular weight excluding hydrogens is 288 g/mol. The maximum atomic E-state index is 5.22. The Morgan fingerprint density at radius 2 is 1.91 bits per heavy atom. The fourth-order valence-corrected chi connectivity index (χ4v) is 3.30. The largest absolute Gasteiger partial charge is 0.497 e. The average molecular weight is 316 g/mol. The highest BCUT2D eigenvalue weighted by atomic mass is 16.5. The molecule has 0 radical (unpaired) electrons. The first kappa shape index (κ1) is 16.1. The highest BCUT2D eigenvalue weighted by Crippen LogP contribution is 2.19. The molecule has 1 fully saturated rings. The minimum absolute atomic E-state index is 0.763. The molecule has 0 spiro atoms. The molecule has 2 aliphatic rings. The van der Waals surface area contributed by atoms with E-state index in [1.165, 1.54) is 31.5 Å². The lowest BCUT2D eigenvalue weighted by Gasteiger charge is -2.32. The third-order valence-corrected chi connectivity index (χ3v) is 4.88. The summed E-state index contributed by atoms with van der Waals surface area (Å²) in [5.74, 6) is 2.77. The highest BCUT2D eigenvalue weighted by Gasteiger charge is 2.20. The van der Waals surface area contributed by atoms with Gasteiger partial charge >= 0.3 is 0 Å². The van der Waals surface area contributed by atoms with Crippen molar-refractivity contribution >= 4 is 5.96 Å². The maximum Gasteiger partial charge on any atom is 0.193 e. The molecule has 0 aliphatic carbocycles. The Morgan fingerprint density at radius 1 is 1.17 bits per heavy atom. The Hall–Kier alpha value is -1.75. The molecule has 0 atom stereocenters. The minimum atomic E-state index is 0.763. The van der Waals surface area contributed by atoms with Crippen LogP contribution in [-0.2, 0) is 6.54 Å². The molecular formula is C18H28N4O. The van der Waals surface area contributed by atoms with Gasteiger partial charge in [0.2, 0.25) is 0 Å². The van der Waals surface area contributed by atoms with Gasteiger partial charge in [-0.1, -0.05) is 12.1 Å². The van der Waals surface area contributed by atoms with E-state index >= 15 is 0 Å². The molecule has 0 bridgehead atoms. The molecule has 5 nitrogen and oxygen atoms in total. The number of aliphatic imine (C=N–C) groups is 1. The standard InChI is InChI=1S/C18H28N4O/c1-21-12-9-19-18(21)20-13-15-7-10-22(11-8-15)14-16-3-5-17(23-2)6-4-16/h3-6,15H,7-14H2,1-2H3,(H,19,20). The number of hydrogen-bond acceptors (Lipinski definition) is 5. The Kier molecular flexibility index (Phi) is 5.39. The first-order valence-electron chi connectivity index (χ1n) is 8.59. The van der Waals surface area contributed by atoms with E-state index in [1.807, 2.05) is 12.1 Å². The second kappa shape index (κ2) is 7.68. The van der Waals surface area contributed by atoms with E-state index in [9.17, 15) is 0 Å². The van der Waals surface area contributed by atoms with Gasteiger partial charge < -0.3 is 15.0 Å². The number of hydrogen-bond donors (Lipinski definition) is 1. The highest BCUT2D eigenvalue weighted by molar-refractivity contribution is 5.81. The lowest BCUT2D eigenvalue weighted by Crippen LogP contribution is -2.41. The maximum absolute atomic E-state index is 5.22. The minimum Gasteiger partial charge on any atom is -0.497 e. The van der Waals surface area contributed by atoms with Crippen LogP contribution >= 0.6 is 0 Å². The van der Waals surface area contributed by atoms with E-state index in [1.54, 1.807) is 7.11 Å². The van der Waals surface area contributed by atoms with Crippen molar-refractivity contribution in [3.63, 3.8) is 0 Å². The van der Waals surface area contributed by atoms with Gasteiger partial charge in [-0.3, -0.25) is 9.89 Å². The molecule has 0 saturated carbocycles. The molecule has 1 saturated heterocycles. The van der Waals surface area contributed by atoms with Crippen molar-refractivity contribution in [3.05, 3.63) is 29.8 Å². The van der Waals surface area contributed by atoms with Crippen molar-refractivity contribution in [2.45, 2.75) is 19.4 Å². The first-order valence-corrected chi connectivity index (χ1v) is 8.59. The van der Waals surface area contributed by atoms with Gasteiger partial charge in [-0.05, 0) is 49.5 Å². The van der Waals surface area contributed by atoms with Gasteiger partial charge in [0.25, 0.3) is 0 Å². The van der Waals surface area contributed by atoms with Crippen molar-refractivity contribution in [2.75, 3.05) is 46.9 Å². The van der Waals surface area contributed by atoms with Crippen LogP contribution < -0.4 is 10.1 Å². The van der Waals surface area contributed by atoms with E-state index in [-0.39, 0.29) is 0 Å². The Morgan fingerprint density at radius 3 is 2.52 bits per heavy atom. The number of rotatable bonds is 5. The summed E-state index contributed by atoms with van der Waals surface area (Å²) in [6.45, 7) is 6.43. The SMILES string of the molecule is COc1ccc(CN2CCC(CNC3=NCCN3C)CC2)cc1. The molecule has 1 aromatic rings. The monoisotopic (exact) mass is 316 g/mol. The molecule has 126 valence electrons. The van der Waals surface area contributed by atoms with Crippen molar-refractivity contribution in [1.29, 1.82) is 0 Å². The second-order valence-electron chi connectivity index (χ2n) is 6.58. The van der Waals surface area contributed by atoms with Gasteiger partial charge in [0, 0.05) is 26.7 Å². The number of ether oxygens (including phenoxy) is 1. The van der Waals surface area contributed by atoms with Crippen LogP contribution in [0.25, 0.3) is 0 Å². The van der Waals surface area contributed by atoms with Gasteiger partial charge in [-0.15, -0.1) is 0 Å². The molecule has 2 heterocycles. The van der Waals surface area contributed by atoms with Gasteiger partial charge in [0.05, 0.1) is 13.7 Å². The molecule has 0 unspecified atom stereocenters. The van der Waals surface area contributed by atoms with Crippen LogP contribution in [0.2, 0.25) is 0 Å². The number of nitrogens with one attached hydrogen (secondary N) is 1. The zero-order valence-electron chi connectivity index (χ0n) is 14.3. The summed E-state index contributed by atoms with van der Waals surface area (Å²) in [5.41, 5.74) is 1.37. The van der Waals surface area contributed by atoms with E-state index in [0.29, 0.717) is 0 Å². The van der Waals surface area contributed by atoms with Crippen LogP contribution in [0, 0.1) is 5.92 Å². The normalized spacial score (nSPS) is 19.7. The lowest BCUT2D eigenvalue weighted by molar-refractivity contribution is 0.178. The molecule has 2 aliphatic heterocycles. The number of guanidine groups is 1. The molecule has 5 heteroatoms. The fraction of sp³-hybridized carbons (Fsp3) is 0.611. The third-order valence-electron chi connectivity index (χ3n) is 4.88.